The van der Waals surface area contributed by atoms with Gasteiger partial charge in [-0.2, -0.15) is 13.2 Å². The molecule has 1 aromatic rings. The molecule has 0 unspecified atom stereocenters. The van der Waals surface area contributed by atoms with Gasteiger partial charge in [-0.05, 0) is 17.6 Å². The summed E-state index contributed by atoms with van der Waals surface area (Å²) in [6.07, 6.45) is -4.71. The van der Waals surface area contributed by atoms with Crippen molar-refractivity contribution in [1.82, 2.24) is 0 Å². The molecule has 0 spiro atoms. The summed E-state index contributed by atoms with van der Waals surface area (Å²) in [5, 5.41) is 17.8. The quantitative estimate of drug-likeness (QED) is 0.762. The first-order valence-electron chi connectivity index (χ1n) is 4.50. The van der Waals surface area contributed by atoms with Crippen molar-refractivity contribution in [3.8, 4) is 11.5 Å². The zero-order valence-corrected chi connectivity index (χ0v) is 9.08. The first-order chi connectivity index (χ1) is 7.81. The van der Waals surface area contributed by atoms with Crippen molar-refractivity contribution in [3.63, 3.8) is 0 Å². The van der Waals surface area contributed by atoms with E-state index in [0.717, 1.165) is 6.07 Å². The fourth-order valence-electron chi connectivity index (χ4n) is 1.35. The number of benzene rings is 1. The van der Waals surface area contributed by atoms with Gasteiger partial charge in [0.2, 0.25) is 0 Å². The summed E-state index contributed by atoms with van der Waals surface area (Å²) in [6, 6.07) is 1.54. The third-order valence-electron chi connectivity index (χ3n) is 2.14. The van der Waals surface area contributed by atoms with Gasteiger partial charge in [0.15, 0.2) is 11.5 Å². The van der Waals surface area contributed by atoms with Crippen LogP contribution in [0, 0.1) is 0 Å². The molecule has 0 amide bonds. The second-order valence-corrected chi connectivity index (χ2v) is 3.17. The normalized spacial score (nSPS) is 11.2. The molecule has 0 aliphatic rings. The lowest BCUT2D eigenvalue weighted by Crippen LogP contribution is -2.36. The Balaban J connectivity index is 3.46. The molecular weight excluding hydrogens is 240 g/mol. The zero-order chi connectivity index (χ0) is 13.2. The van der Waals surface area contributed by atoms with E-state index >= 15 is 0 Å². The molecule has 0 saturated carbocycles. The van der Waals surface area contributed by atoms with Gasteiger partial charge in [0.1, 0.15) is 0 Å². The van der Waals surface area contributed by atoms with Gasteiger partial charge in [0, 0.05) is 0 Å². The molecule has 0 bridgehead atoms. The summed E-state index contributed by atoms with van der Waals surface area (Å²) < 4.78 is 47.4. The van der Waals surface area contributed by atoms with Gasteiger partial charge in [-0.1, -0.05) is 0 Å². The van der Waals surface area contributed by atoms with Gasteiger partial charge in [0.25, 0.3) is 0 Å². The van der Waals surface area contributed by atoms with Crippen molar-refractivity contribution in [2.75, 3.05) is 14.2 Å². The highest BCUT2D eigenvalue weighted by Gasteiger charge is 2.37. The van der Waals surface area contributed by atoms with E-state index < -0.39 is 24.3 Å². The SMILES string of the molecule is COc1cc(B(O)O)c(C(F)(F)F)cc1OC. The molecule has 0 fully saturated rings. The van der Waals surface area contributed by atoms with E-state index in [4.69, 9.17) is 19.5 Å². The summed E-state index contributed by atoms with van der Waals surface area (Å²) in [5.74, 6) is -0.146. The second kappa shape index (κ2) is 4.85. The number of hydrogen-bond acceptors (Lipinski definition) is 4. The van der Waals surface area contributed by atoms with Gasteiger partial charge >= 0.3 is 13.3 Å². The Hall–Kier alpha value is -1.41. The van der Waals surface area contributed by atoms with Crippen LogP contribution in [0.3, 0.4) is 0 Å². The molecule has 0 heterocycles. The zero-order valence-electron chi connectivity index (χ0n) is 9.08. The standard InChI is InChI=1S/C9H10BF3O4/c1-16-7-3-5(9(11,12)13)6(10(14)15)4-8(7)17-2/h3-4,14-15H,1-2H3. The van der Waals surface area contributed by atoms with Crippen LogP contribution in [0.25, 0.3) is 0 Å². The molecule has 1 rings (SSSR count). The smallest absolute Gasteiger partial charge is 0.489 e. The first-order valence-corrected chi connectivity index (χ1v) is 4.50. The van der Waals surface area contributed by atoms with E-state index in [2.05, 4.69) is 0 Å². The molecule has 0 radical (unpaired) electrons. The Kier molecular flexibility index (Phi) is 3.89. The largest absolute Gasteiger partial charge is 0.493 e. The van der Waals surface area contributed by atoms with Crippen molar-refractivity contribution in [1.29, 1.82) is 0 Å². The lowest BCUT2D eigenvalue weighted by molar-refractivity contribution is -0.137. The monoisotopic (exact) mass is 250 g/mol. The van der Waals surface area contributed by atoms with E-state index in [9.17, 15) is 13.2 Å². The minimum absolute atomic E-state index is 0.0106. The Bertz CT molecular complexity index is 406. The second-order valence-electron chi connectivity index (χ2n) is 3.17. The van der Waals surface area contributed by atoms with Gasteiger partial charge in [-0.25, -0.2) is 0 Å². The van der Waals surface area contributed by atoms with Crippen molar-refractivity contribution in [3.05, 3.63) is 17.7 Å². The molecule has 8 heteroatoms. The maximum absolute atomic E-state index is 12.6. The average Bonchev–Trinajstić information content (AvgIpc) is 2.25. The third kappa shape index (κ3) is 2.83. The Morgan fingerprint density at radius 3 is 1.88 bits per heavy atom. The molecule has 0 saturated heterocycles. The van der Waals surface area contributed by atoms with Crippen LogP contribution in [-0.2, 0) is 6.18 Å². The summed E-state index contributed by atoms with van der Waals surface area (Å²) in [5.41, 5.74) is -1.86. The number of halogens is 3. The van der Waals surface area contributed by atoms with E-state index in [1.807, 2.05) is 0 Å². The van der Waals surface area contributed by atoms with Crippen LogP contribution in [0.15, 0.2) is 12.1 Å². The Morgan fingerprint density at radius 2 is 1.53 bits per heavy atom. The van der Waals surface area contributed by atoms with Crippen molar-refractivity contribution < 1.29 is 32.7 Å². The molecule has 0 atom stereocenters. The summed E-state index contributed by atoms with van der Waals surface area (Å²) >= 11 is 0. The molecule has 4 nitrogen and oxygen atoms in total. The molecule has 17 heavy (non-hydrogen) atoms. The fraction of sp³-hybridized carbons (Fsp3) is 0.333. The average molecular weight is 250 g/mol. The van der Waals surface area contributed by atoms with Crippen LogP contribution >= 0.6 is 0 Å². The van der Waals surface area contributed by atoms with E-state index in [-0.39, 0.29) is 11.5 Å². The predicted octanol–water partition coefficient (Wildman–Crippen LogP) is 0.402. The van der Waals surface area contributed by atoms with Gasteiger partial charge in [-0.3, -0.25) is 0 Å². The summed E-state index contributed by atoms with van der Waals surface area (Å²) in [7, 11) is 0.178. The van der Waals surface area contributed by atoms with E-state index in [1.165, 1.54) is 14.2 Å². The summed E-state index contributed by atoms with van der Waals surface area (Å²) in [4.78, 5) is 0. The number of ether oxygens (including phenoxy) is 2. The highest BCUT2D eigenvalue weighted by molar-refractivity contribution is 6.59. The number of alkyl halides is 3. The van der Waals surface area contributed by atoms with Crippen LogP contribution in [0.5, 0.6) is 11.5 Å². The third-order valence-corrected chi connectivity index (χ3v) is 2.14. The molecule has 0 aliphatic carbocycles. The first kappa shape index (κ1) is 13.7. The number of methoxy groups -OCH3 is 2. The summed E-state index contributed by atoms with van der Waals surface area (Å²) in [6.45, 7) is 0. The lowest BCUT2D eigenvalue weighted by atomic mass is 9.76. The number of hydrogen-bond donors (Lipinski definition) is 2. The minimum atomic E-state index is -4.71. The minimum Gasteiger partial charge on any atom is -0.493 e. The van der Waals surface area contributed by atoms with Crippen LogP contribution in [-0.4, -0.2) is 31.4 Å². The Morgan fingerprint density at radius 1 is 1.06 bits per heavy atom. The molecule has 0 aliphatic heterocycles. The maximum atomic E-state index is 12.6. The lowest BCUT2D eigenvalue weighted by Gasteiger charge is -2.16. The maximum Gasteiger partial charge on any atom is 0.489 e. The van der Waals surface area contributed by atoms with Crippen LogP contribution in [0.1, 0.15) is 5.56 Å². The molecule has 1 aromatic carbocycles. The van der Waals surface area contributed by atoms with E-state index in [1.54, 1.807) is 0 Å². The van der Waals surface area contributed by atoms with E-state index in [0.29, 0.717) is 6.07 Å². The van der Waals surface area contributed by atoms with Gasteiger partial charge in [0.05, 0.1) is 19.8 Å². The molecular formula is C9H10BF3O4. The van der Waals surface area contributed by atoms with Gasteiger partial charge in [-0.15, -0.1) is 0 Å². The molecule has 94 valence electrons. The van der Waals surface area contributed by atoms with Crippen molar-refractivity contribution >= 4 is 12.6 Å². The fourth-order valence-corrected chi connectivity index (χ4v) is 1.35. The molecule has 0 aromatic heterocycles. The Labute approximate surface area is 95.7 Å². The van der Waals surface area contributed by atoms with Crippen molar-refractivity contribution in [2.24, 2.45) is 0 Å². The number of rotatable bonds is 3. The highest BCUT2D eigenvalue weighted by Crippen LogP contribution is 2.34. The molecule has 2 N–H and O–H groups in total. The topological polar surface area (TPSA) is 58.9 Å². The van der Waals surface area contributed by atoms with Gasteiger partial charge < -0.3 is 19.5 Å². The predicted molar refractivity (Wildman–Crippen MR) is 54.4 cm³/mol. The van der Waals surface area contributed by atoms with Crippen molar-refractivity contribution in [2.45, 2.75) is 6.18 Å². The highest BCUT2D eigenvalue weighted by atomic mass is 19.4. The van der Waals surface area contributed by atoms with Crippen LogP contribution in [0.2, 0.25) is 0 Å². The van der Waals surface area contributed by atoms with Crippen LogP contribution in [0.4, 0.5) is 13.2 Å². The van der Waals surface area contributed by atoms with Crippen LogP contribution < -0.4 is 14.9 Å².